The molecule has 1 aromatic rings. The minimum Gasteiger partial charge on any atom is -0.381 e. The molecule has 0 unspecified atom stereocenters. The number of rotatable bonds is 5. The number of carbonyl (C=O) groups is 1. The molecule has 2 aliphatic rings. The number of amides is 1. The monoisotopic (exact) mass is 402 g/mol. The first kappa shape index (κ1) is 23.0. The zero-order chi connectivity index (χ0) is 16.9. The molecular weight excluding hydrogens is 371 g/mol. The van der Waals surface area contributed by atoms with Gasteiger partial charge in [-0.1, -0.05) is 18.6 Å². The molecule has 0 spiro atoms. The van der Waals surface area contributed by atoms with E-state index >= 15 is 0 Å². The van der Waals surface area contributed by atoms with Gasteiger partial charge in [0, 0.05) is 12.0 Å². The van der Waals surface area contributed by atoms with Crippen LogP contribution in [0.5, 0.6) is 0 Å². The number of carbonyl (C=O) groups excluding carboxylic acids is 1. The lowest BCUT2D eigenvalue weighted by Crippen LogP contribution is -2.37. The maximum absolute atomic E-state index is 12.7. The maximum Gasteiger partial charge on any atom is 0.227 e. The summed E-state index contributed by atoms with van der Waals surface area (Å²) in [7, 11) is 2.17. The molecule has 0 radical (unpaired) electrons. The number of anilines is 2. The lowest BCUT2D eigenvalue weighted by Gasteiger charge is -2.30. The zero-order valence-electron chi connectivity index (χ0n) is 15.4. The average molecular weight is 403 g/mol. The Bertz CT molecular complexity index is 564. The van der Waals surface area contributed by atoms with Crippen LogP contribution in [0.3, 0.4) is 0 Å². The van der Waals surface area contributed by atoms with Crippen LogP contribution in [-0.2, 0) is 4.79 Å². The topological polar surface area (TPSA) is 70.4 Å². The number of nitrogens with one attached hydrogen (secondary N) is 2. The van der Waals surface area contributed by atoms with E-state index < -0.39 is 0 Å². The molecule has 1 aliphatic heterocycles. The van der Waals surface area contributed by atoms with Crippen LogP contribution < -0.4 is 16.4 Å². The van der Waals surface area contributed by atoms with Gasteiger partial charge in [0.05, 0.1) is 11.4 Å². The van der Waals surface area contributed by atoms with Crippen molar-refractivity contribution >= 4 is 42.1 Å². The van der Waals surface area contributed by atoms with Crippen LogP contribution in [0, 0.1) is 11.8 Å². The van der Waals surface area contributed by atoms with Gasteiger partial charge in [-0.3, -0.25) is 4.79 Å². The van der Waals surface area contributed by atoms with E-state index in [9.17, 15) is 4.79 Å². The Labute approximate surface area is 169 Å². The van der Waals surface area contributed by atoms with Crippen LogP contribution >= 0.6 is 24.8 Å². The molecule has 7 heteroatoms. The van der Waals surface area contributed by atoms with Crippen molar-refractivity contribution in [2.24, 2.45) is 17.6 Å². The SMILES string of the molecule is CN1CCC(Nc2ccccc2NC(=O)[C@@H]2CCC[C@@H]2CN)CC1.Cl.Cl. The van der Waals surface area contributed by atoms with E-state index in [0.29, 0.717) is 18.5 Å². The summed E-state index contributed by atoms with van der Waals surface area (Å²) < 4.78 is 0. The van der Waals surface area contributed by atoms with Gasteiger partial charge in [0.2, 0.25) is 5.91 Å². The number of nitrogens with two attached hydrogens (primary N) is 1. The minimum absolute atomic E-state index is 0. The first-order valence-electron chi connectivity index (χ1n) is 9.22. The molecule has 2 fully saturated rings. The van der Waals surface area contributed by atoms with E-state index in [4.69, 9.17) is 5.73 Å². The normalized spacial score (nSPS) is 23.6. The summed E-state index contributed by atoms with van der Waals surface area (Å²) in [5, 5.41) is 6.77. The van der Waals surface area contributed by atoms with E-state index in [1.807, 2.05) is 18.2 Å². The molecule has 5 nitrogen and oxygen atoms in total. The minimum atomic E-state index is 0. The first-order valence-corrected chi connectivity index (χ1v) is 9.22. The van der Waals surface area contributed by atoms with Crippen LogP contribution in [0.4, 0.5) is 11.4 Å². The van der Waals surface area contributed by atoms with Crippen molar-refractivity contribution < 1.29 is 4.79 Å². The van der Waals surface area contributed by atoms with Gasteiger partial charge < -0.3 is 21.3 Å². The lowest BCUT2D eigenvalue weighted by atomic mass is 9.95. The molecule has 26 heavy (non-hydrogen) atoms. The summed E-state index contributed by atoms with van der Waals surface area (Å²) in [6, 6.07) is 8.52. The van der Waals surface area contributed by atoms with E-state index in [0.717, 1.165) is 56.6 Å². The Morgan fingerprint density at radius 2 is 1.77 bits per heavy atom. The molecule has 3 rings (SSSR count). The van der Waals surface area contributed by atoms with Crippen LogP contribution in [-0.4, -0.2) is 43.5 Å². The fourth-order valence-corrected chi connectivity index (χ4v) is 3.98. The highest BCUT2D eigenvalue weighted by molar-refractivity contribution is 5.96. The summed E-state index contributed by atoms with van der Waals surface area (Å²) in [6.07, 6.45) is 5.41. The molecule has 1 aromatic carbocycles. The number of para-hydroxylation sites is 2. The van der Waals surface area contributed by atoms with Crippen molar-refractivity contribution in [1.29, 1.82) is 0 Å². The van der Waals surface area contributed by atoms with Gasteiger partial charge >= 0.3 is 0 Å². The predicted molar refractivity (Wildman–Crippen MR) is 114 cm³/mol. The van der Waals surface area contributed by atoms with E-state index in [1.54, 1.807) is 0 Å². The number of benzene rings is 1. The highest BCUT2D eigenvalue weighted by Crippen LogP contribution is 2.33. The van der Waals surface area contributed by atoms with Gasteiger partial charge in [-0.25, -0.2) is 0 Å². The third-order valence-electron chi connectivity index (χ3n) is 5.56. The van der Waals surface area contributed by atoms with Crippen molar-refractivity contribution in [3.05, 3.63) is 24.3 Å². The Morgan fingerprint density at radius 1 is 1.12 bits per heavy atom. The van der Waals surface area contributed by atoms with Gasteiger partial charge in [0.15, 0.2) is 0 Å². The van der Waals surface area contributed by atoms with Crippen LogP contribution in [0.25, 0.3) is 0 Å². The Morgan fingerprint density at radius 3 is 2.42 bits per heavy atom. The summed E-state index contributed by atoms with van der Waals surface area (Å²) in [4.78, 5) is 15.0. The molecule has 1 amide bonds. The van der Waals surface area contributed by atoms with Crippen molar-refractivity contribution in [2.75, 3.05) is 37.3 Å². The third kappa shape index (κ3) is 5.74. The molecule has 148 valence electrons. The van der Waals surface area contributed by atoms with Crippen molar-refractivity contribution in [3.8, 4) is 0 Å². The van der Waals surface area contributed by atoms with Crippen molar-refractivity contribution in [3.63, 3.8) is 0 Å². The summed E-state index contributed by atoms with van der Waals surface area (Å²) in [5.41, 5.74) is 7.75. The molecular formula is C19H32Cl2N4O. The van der Waals surface area contributed by atoms with Gasteiger partial charge in [-0.15, -0.1) is 24.8 Å². The number of hydrogen-bond donors (Lipinski definition) is 3. The van der Waals surface area contributed by atoms with Crippen molar-refractivity contribution in [2.45, 2.75) is 38.1 Å². The highest BCUT2D eigenvalue weighted by Gasteiger charge is 2.32. The lowest BCUT2D eigenvalue weighted by molar-refractivity contribution is -0.120. The molecule has 1 saturated carbocycles. The average Bonchev–Trinajstić information content (AvgIpc) is 3.07. The van der Waals surface area contributed by atoms with Gasteiger partial charge in [-0.05, 0) is 70.4 Å². The number of likely N-dealkylation sites (tertiary alicyclic amines) is 1. The van der Waals surface area contributed by atoms with Crippen LogP contribution in [0.1, 0.15) is 32.1 Å². The number of halogens is 2. The highest BCUT2D eigenvalue weighted by atomic mass is 35.5. The number of nitrogens with zero attached hydrogens (tertiary/aromatic N) is 1. The van der Waals surface area contributed by atoms with E-state index in [-0.39, 0.29) is 36.6 Å². The van der Waals surface area contributed by atoms with Crippen LogP contribution in [0.15, 0.2) is 24.3 Å². The molecule has 0 bridgehead atoms. The fraction of sp³-hybridized carbons (Fsp3) is 0.632. The largest absolute Gasteiger partial charge is 0.381 e. The van der Waals surface area contributed by atoms with E-state index in [2.05, 4.69) is 28.6 Å². The second kappa shape index (κ2) is 11.0. The molecule has 4 N–H and O–H groups in total. The second-order valence-corrected chi connectivity index (χ2v) is 7.29. The molecule has 1 aliphatic carbocycles. The number of hydrogen-bond acceptors (Lipinski definition) is 4. The van der Waals surface area contributed by atoms with Crippen molar-refractivity contribution in [1.82, 2.24) is 4.90 Å². The third-order valence-corrected chi connectivity index (χ3v) is 5.56. The van der Waals surface area contributed by atoms with Crippen LogP contribution in [0.2, 0.25) is 0 Å². The molecule has 0 aromatic heterocycles. The molecule has 1 heterocycles. The summed E-state index contributed by atoms with van der Waals surface area (Å²) in [6.45, 7) is 2.84. The molecule has 1 saturated heterocycles. The Balaban J connectivity index is 0.00000169. The quantitative estimate of drug-likeness (QED) is 0.705. The first-order chi connectivity index (χ1) is 11.7. The van der Waals surface area contributed by atoms with Gasteiger partial charge in [0.25, 0.3) is 0 Å². The van der Waals surface area contributed by atoms with Gasteiger partial charge in [-0.2, -0.15) is 0 Å². The predicted octanol–water partition coefficient (Wildman–Crippen LogP) is 3.35. The summed E-state index contributed by atoms with van der Waals surface area (Å²) >= 11 is 0. The molecule has 2 atom stereocenters. The van der Waals surface area contributed by atoms with E-state index in [1.165, 1.54) is 0 Å². The summed E-state index contributed by atoms with van der Waals surface area (Å²) in [5.74, 6) is 0.519. The smallest absolute Gasteiger partial charge is 0.227 e. The maximum atomic E-state index is 12.7. The Kier molecular flexibility index (Phi) is 9.72. The zero-order valence-corrected chi connectivity index (χ0v) is 17.1. The van der Waals surface area contributed by atoms with Gasteiger partial charge in [0.1, 0.15) is 0 Å². The number of piperidine rings is 1. The second-order valence-electron chi connectivity index (χ2n) is 7.29. The standard InChI is InChI=1S/C19H30N4O.2ClH/c1-23-11-9-15(10-12-23)21-17-7-2-3-8-18(17)22-19(24)16-6-4-5-14(16)13-20;;/h2-3,7-8,14-16,21H,4-6,9-13,20H2,1H3,(H,22,24);2*1H/t14-,16-;;/m1../s1. The fourth-order valence-electron chi connectivity index (χ4n) is 3.98. The Hall–Kier alpha value is -1.01.